The van der Waals surface area contributed by atoms with Crippen LogP contribution in [-0.2, 0) is 10.9 Å². The summed E-state index contributed by atoms with van der Waals surface area (Å²) in [6.45, 7) is 2.04. The Morgan fingerprint density at radius 1 is 1.44 bits per heavy atom. The zero-order valence-electron chi connectivity index (χ0n) is 8.54. The Kier molecular flexibility index (Phi) is 3.87. The van der Waals surface area contributed by atoms with Gasteiger partial charge in [0.15, 0.2) is 0 Å². The van der Waals surface area contributed by atoms with E-state index in [-0.39, 0.29) is 12.3 Å². The van der Waals surface area contributed by atoms with Crippen LogP contribution in [0.15, 0.2) is 18.3 Å². The molecule has 3 nitrogen and oxygen atoms in total. The number of esters is 1. The topological polar surface area (TPSA) is 39.2 Å². The molecule has 0 saturated carbocycles. The van der Waals surface area contributed by atoms with Gasteiger partial charge in [0, 0.05) is 6.20 Å². The van der Waals surface area contributed by atoms with Crippen LogP contribution < -0.4 is 0 Å². The van der Waals surface area contributed by atoms with E-state index < -0.39 is 17.7 Å². The number of carbonyl (C=O) groups excluding carboxylic acids is 1. The summed E-state index contributed by atoms with van der Waals surface area (Å²) in [5.41, 5.74) is -1.01. The molecule has 0 aliphatic carbocycles. The second-order valence-electron chi connectivity index (χ2n) is 3.07. The van der Waals surface area contributed by atoms with Gasteiger partial charge in [-0.3, -0.25) is 0 Å². The van der Waals surface area contributed by atoms with Gasteiger partial charge in [0.2, 0.25) is 0 Å². The summed E-state index contributed by atoms with van der Waals surface area (Å²) in [4.78, 5) is 14.6. The second kappa shape index (κ2) is 4.96. The maximum Gasteiger partial charge on any atom is 0.417 e. The molecule has 1 aromatic heterocycles. The summed E-state index contributed by atoms with van der Waals surface area (Å²) >= 11 is 0. The van der Waals surface area contributed by atoms with Crippen LogP contribution in [0.4, 0.5) is 13.2 Å². The van der Waals surface area contributed by atoms with Crippen LogP contribution in [0.5, 0.6) is 0 Å². The number of aromatic nitrogens is 1. The van der Waals surface area contributed by atoms with Gasteiger partial charge in [-0.15, -0.1) is 0 Å². The van der Waals surface area contributed by atoms with E-state index in [0.29, 0.717) is 12.6 Å². The average molecular weight is 233 g/mol. The summed E-state index contributed by atoms with van der Waals surface area (Å²) in [6.07, 6.45) is -3.19. The monoisotopic (exact) mass is 233 g/mol. The van der Waals surface area contributed by atoms with Crippen LogP contribution in [0.1, 0.15) is 29.4 Å². The molecule has 1 heterocycles. The number of hydrogen-bond donors (Lipinski definition) is 0. The van der Waals surface area contributed by atoms with E-state index in [4.69, 9.17) is 4.74 Å². The molecule has 6 heteroatoms. The number of rotatable bonds is 3. The van der Waals surface area contributed by atoms with E-state index in [1.807, 2.05) is 6.92 Å². The molecule has 88 valence electrons. The zero-order chi connectivity index (χ0) is 12.2. The fourth-order valence-corrected chi connectivity index (χ4v) is 0.951. The third kappa shape index (κ3) is 3.22. The fraction of sp³-hybridized carbons (Fsp3) is 0.400. The Hall–Kier alpha value is -1.59. The van der Waals surface area contributed by atoms with Crippen molar-refractivity contribution in [1.29, 1.82) is 0 Å². The lowest BCUT2D eigenvalue weighted by atomic mass is 10.2. The Bertz CT molecular complexity index is 359. The molecule has 0 amide bonds. The van der Waals surface area contributed by atoms with Crippen LogP contribution in [0, 0.1) is 0 Å². The van der Waals surface area contributed by atoms with Crippen molar-refractivity contribution in [1.82, 2.24) is 4.98 Å². The lowest BCUT2D eigenvalue weighted by Gasteiger charge is -2.06. The van der Waals surface area contributed by atoms with E-state index >= 15 is 0 Å². The van der Waals surface area contributed by atoms with Crippen LogP contribution in [0.3, 0.4) is 0 Å². The molecule has 0 spiro atoms. The number of hydrogen-bond acceptors (Lipinski definition) is 3. The minimum Gasteiger partial charge on any atom is -0.461 e. The summed E-state index contributed by atoms with van der Waals surface area (Å²) in [5.74, 6) is -0.712. The molecule has 0 fully saturated rings. The van der Waals surface area contributed by atoms with Gasteiger partial charge in [-0.1, -0.05) is 6.92 Å². The molecule has 16 heavy (non-hydrogen) atoms. The normalized spacial score (nSPS) is 11.2. The number of halogens is 3. The first kappa shape index (κ1) is 12.5. The molecule has 1 rings (SSSR count). The molecule has 0 radical (unpaired) electrons. The highest BCUT2D eigenvalue weighted by Gasteiger charge is 2.30. The van der Waals surface area contributed by atoms with Crippen molar-refractivity contribution in [3.8, 4) is 0 Å². The van der Waals surface area contributed by atoms with Crippen molar-refractivity contribution in [2.75, 3.05) is 6.61 Å². The van der Waals surface area contributed by atoms with Crippen molar-refractivity contribution in [2.45, 2.75) is 19.5 Å². The SMILES string of the molecule is CCCOC(=O)c1ccc(C(F)(F)F)cn1. The minimum absolute atomic E-state index is 0.124. The number of alkyl halides is 3. The van der Waals surface area contributed by atoms with E-state index in [2.05, 4.69) is 4.98 Å². The summed E-state index contributed by atoms with van der Waals surface area (Å²) in [7, 11) is 0. The summed E-state index contributed by atoms with van der Waals surface area (Å²) < 4.78 is 41.2. The molecule has 0 aliphatic rings. The molecule has 0 unspecified atom stereocenters. The van der Waals surface area contributed by atoms with Gasteiger partial charge >= 0.3 is 12.1 Å². The Morgan fingerprint density at radius 2 is 2.12 bits per heavy atom. The first-order chi connectivity index (χ1) is 7.45. The van der Waals surface area contributed by atoms with Crippen molar-refractivity contribution < 1.29 is 22.7 Å². The lowest BCUT2D eigenvalue weighted by molar-refractivity contribution is -0.137. The Balaban J connectivity index is 2.75. The highest BCUT2D eigenvalue weighted by Crippen LogP contribution is 2.28. The number of carbonyl (C=O) groups is 1. The average Bonchev–Trinajstić information content (AvgIpc) is 2.25. The summed E-state index contributed by atoms with van der Waals surface area (Å²) in [5, 5.41) is 0. The first-order valence-corrected chi connectivity index (χ1v) is 4.65. The predicted octanol–water partition coefficient (Wildman–Crippen LogP) is 2.67. The van der Waals surface area contributed by atoms with Gasteiger partial charge in [-0.2, -0.15) is 13.2 Å². The van der Waals surface area contributed by atoms with Crippen molar-refractivity contribution in [3.63, 3.8) is 0 Å². The molecular formula is C10H10F3NO2. The molecule has 0 N–H and O–H groups in total. The number of nitrogens with zero attached hydrogens (tertiary/aromatic N) is 1. The maximum atomic E-state index is 12.2. The van der Waals surface area contributed by atoms with Gasteiger partial charge in [-0.05, 0) is 18.6 Å². The second-order valence-corrected chi connectivity index (χ2v) is 3.07. The molecule has 0 atom stereocenters. The highest BCUT2D eigenvalue weighted by atomic mass is 19.4. The van der Waals surface area contributed by atoms with Crippen LogP contribution in [-0.4, -0.2) is 17.6 Å². The smallest absolute Gasteiger partial charge is 0.417 e. The van der Waals surface area contributed by atoms with Gasteiger partial charge in [0.05, 0.1) is 12.2 Å². The van der Waals surface area contributed by atoms with Gasteiger partial charge in [-0.25, -0.2) is 9.78 Å². The number of ether oxygens (including phenoxy) is 1. The van der Waals surface area contributed by atoms with Crippen molar-refractivity contribution in [2.24, 2.45) is 0 Å². The largest absolute Gasteiger partial charge is 0.461 e. The zero-order valence-corrected chi connectivity index (χ0v) is 8.54. The lowest BCUT2D eigenvalue weighted by Crippen LogP contribution is -2.10. The maximum absolute atomic E-state index is 12.2. The van der Waals surface area contributed by atoms with Crippen molar-refractivity contribution >= 4 is 5.97 Å². The van der Waals surface area contributed by atoms with Gasteiger partial charge in [0.1, 0.15) is 5.69 Å². The molecule has 0 bridgehead atoms. The molecule has 0 saturated heterocycles. The molecule has 0 aromatic carbocycles. The standard InChI is InChI=1S/C10H10F3NO2/c1-2-5-16-9(15)8-4-3-7(6-14-8)10(11,12)13/h3-4,6H,2,5H2,1H3. The number of pyridine rings is 1. The highest BCUT2D eigenvalue weighted by molar-refractivity contribution is 5.87. The molecule has 1 aromatic rings. The molecule has 0 aliphatic heterocycles. The van der Waals surface area contributed by atoms with Gasteiger partial charge < -0.3 is 4.74 Å². The minimum atomic E-state index is -4.45. The van der Waals surface area contributed by atoms with Crippen LogP contribution >= 0.6 is 0 Å². The van der Waals surface area contributed by atoms with Gasteiger partial charge in [0.25, 0.3) is 0 Å². The molecular weight excluding hydrogens is 223 g/mol. The van der Waals surface area contributed by atoms with E-state index in [0.717, 1.165) is 12.1 Å². The Labute approximate surface area is 90.2 Å². The summed E-state index contributed by atoms with van der Waals surface area (Å²) in [6, 6.07) is 1.80. The van der Waals surface area contributed by atoms with E-state index in [1.54, 1.807) is 0 Å². The third-order valence-corrected chi connectivity index (χ3v) is 1.74. The van der Waals surface area contributed by atoms with Crippen molar-refractivity contribution in [3.05, 3.63) is 29.6 Å². The Morgan fingerprint density at radius 3 is 2.56 bits per heavy atom. The first-order valence-electron chi connectivity index (χ1n) is 4.65. The predicted molar refractivity (Wildman–Crippen MR) is 49.8 cm³/mol. The third-order valence-electron chi connectivity index (χ3n) is 1.74. The van der Waals surface area contributed by atoms with E-state index in [1.165, 1.54) is 0 Å². The fourth-order valence-electron chi connectivity index (χ4n) is 0.951. The quantitative estimate of drug-likeness (QED) is 0.753. The van der Waals surface area contributed by atoms with Crippen LogP contribution in [0.25, 0.3) is 0 Å². The van der Waals surface area contributed by atoms with E-state index in [9.17, 15) is 18.0 Å². The van der Waals surface area contributed by atoms with Crippen LogP contribution in [0.2, 0.25) is 0 Å².